The first-order chi connectivity index (χ1) is 6.65. The fourth-order valence-electron chi connectivity index (χ4n) is 2.95. The molecule has 0 aromatic heterocycles. The number of carbonyl (C=O) groups excluding carboxylic acids is 1. The molecule has 2 saturated heterocycles. The Morgan fingerprint density at radius 3 is 2.71 bits per heavy atom. The topological polar surface area (TPSA) is 40.5 Å². The third-order valence-corrected chi connectivity index (χ3v) is 3.65. The van der Waals surface area contributed by atoms with Crippen LogP contribution in [0, 0.1) is 11.8 Å². The van der Waals surface area contributed by atoms with Crippen LogP contribution in [0.5, 0.6) is 0 Å². The van der Waals surface area contributed by atoms with Crippen molar-refractivity contribution in [2.75, 3.05) is 6.61 Å². The van der Waals surface area contributed by atoms with E-state index in [0.717, 1.165) is 19.3 Å². The predicted octanol–water partition coefficient (Wildman–Crippen LogP) is 1.01. The van der Waals surface area contributed by atoms with Gasteiger partial charge in [0, 0.05) is 30.5 Å². The molecule has 0 radical (unpaired) electrons. The smallest absolute Gasteiger partial charge is 0.225 e. The van der Waals surface area contributed by atoms with Crippen LogP contribution >= 0.6 is 0 Å². The molecule has 1 amide bonds. The van der Waals surface area contributed by atoms with E-state index in [9.17, 15) is 9.90 Å². The van der Waals surface area contributed by atoms with Gasteiger partial charge in [0.1, 0.15) is 0 Å². The maximum atomic E-state index is 11.9. The predicted molar refractivity (Wildman–Crippen MR) is 53.7 cm³/mol. The van der Waals surface area contributed by atoms with Crippen molar-refractivity contribution in [1.29, 1.82) is 0 Å². The lowest BCUT2D eigenvalue weighted by Crippen LogP contribution is -2.39. The first kappa shape index (κ1) is 9.97. The molecule has 0 spiro atoms. The van der Waals surface area contributed by atoms with Crippen LogP contribution in [0.2, 0.25) is 0 Å². The average Bonchev–Trinajstić information content (AvgIpc) is 2.72. The number of amides is 1. The Balaban J connectivity index is 2.11. The van der Waals surface area contributed by atoms with Crippen LogP contribution in [0.3, 0.4) is 0 Å². The van der Waals surface area contributed by atoms with Gasteiger partial charge in [-0.15, -0.1) is 0 Å². The molecular formula is C11H19NO2. The number of fused-ring (bicyclic) bond motifs is 2. The lowest BCUT2D eigenvalue weighted by molar-refractivity contribution is -0.136. The lowest BCUT2D eigenvalue weighted by atomic mass is 9.90. The van der Waals surface area contributed by atoms with E-state index in [4.69, 9.17) is 0 Å². The Labute approximate surface area is 85.1 Å². The summed E-state index contributed by atoms with van der Waals surface area (Å²) in [6.45, 7) is 4.14. The molecule has 2 bridgehead atoms. The van der Waals surface area contributed by atoms with Crippen molar-refractivity contribution < 1.29 is 9.90 Å². The molecule has 2 heterocycles. The van der Waals surface area contributed by atoms with Gasteiger partial charge in [0.2, 0.25) is 5.91 Å². The maximum Gasteiger partial charge on any atom is 0.225 e. The van der Waals surface area contributed by atoms with E-state index < -0.39 is 0 Å². The SMILES string of the molecule is CC(C)C(=O)N1C2CCC1C(CO)C2. The Hall–Kier alpha value is -0.570. The van der Waals surface area contributed by atoms with Gasteiger partial charge in [-0.3, -0.25) is 4.79 Å². The van der Waals surface area contributed by atoms with Crippen molar-refractivity contribution in [3.8, 4) is 0 Å². The van der Waals surface area contributed by atoms with Crippen LogP contribution < -0.4 is 0 Å². The van der Waals surface area contributed by atoms with Crippen LogP contribution in [-0.4, -0.2) is 34.6 Å². The zero-order valence-electron chi connectivity index (χ0n) is 8.94. The van der Waals surface area contributed by atoms with Gasteiger partial charge in [0.25, 0.3) is 0 Å². The second-order valence-corrected chi connectivity index (χ2v) is 4.88. The Kier molecular flexibility index (Phi) is 2.52. The molecule has 3 heteroatoms. The molecule has 3 nitrogen and oxygen atoms in total. The fraction of sp³-hybridized carbons (Fsp3) is 0.909. The summed E-state index contributed by atoms with van der Waals surface area (Å²) < 4.78 is 0. The molecule has 0 saturated carbocycles. The van der Waals surface area contributed by atoms with Gasteiger partial charge < -0.3 is 10.0 Å². The minimum absolute atomic E-state index is 0.0931. The van der Waals surface area contributed by atoms with Gasteiger partial charge in [-0.1, -0.05) is 13.8 Å². The highest BCUT2D eigenvalue weighted by Crippen LogP contribution is 2.42. The first-order valence-electron chi connectivity index (χ1n) is 5.58. The van der Waals surface area contributed by atoms with Crippen molar-refractivity contribution in [1.82, 2.24) is 4.90 Å². The maximum absolute atomic E-state index is 11.9. The van der Waals surface area contributed by atoms with Gasteiger partial charge >= 0.3 is 0 Å². The summed E-state index contributed by atoms with van der Waals surface area (Å²) in [5.74, 6) is 0.709. The number of nitrogens with zero attached hydrogens (tertiary/aromatic N) is 1. The Bertz CT molecular complexity index is 239. The summed E-state index contributed by atoms with van der Waals surface area (Å²) in [4.78, 5) is 14.0. The van der Waals surface area contributed by atoms with E-state index in [1.54, 1.807) is 0 Å². The number of hydrogen-bond donors (Lipinski definition) is 1. The van der Waals surface area contributed by atoms with E-state index in [1.807, 2.05) is 18.7 Å². The van der Waals surface area contributed by atoms with Crippen molar-refractivity contribution in [2.45, 2.75) is 45.2 Å². The molecule has 0 aliphatic carbocycles. The number of rotatable bonds is 2. The van der Waals surface area contributed by atoms with Crippen LogP contribution in [-0.2, 0) is 4.79 Å². The van der Waals surface area contributed by atoms with E-state index in [-0.39, 0.29) is 18.4 Å². The summed E-state index contributed by atoms with van der Waals surface area (Å²) in [5.41, 5.74) is 0. The second kappa shape index (κ2) is 3.54. The average molecular weight is 197 g/mol. The van der Waals surface area contributed by atoms with Gasteiger partial charge in [-0.2, -0.15) is 0 Å². The molecule has 2 rings (SSSR count). The molecule has 0 aromatic rings. The fourth-order valence-corrected chi connectivity index (χ4v) is 2.95. The summed E-state index contributed by atoms with van der Waals surface area (Å²) in [6.07, 6.45) is 3.24. The highest BCUT2D eigenvalue weighted by Gasteiger charge is 2.48. The van der Waals surface area contributed by atoms with E-state index in [1.165, 1.54) is 0 Å². The molecule has 80 valence electrons. The molecule has 3 unspecified atom stereocenters. The molecule has 2 fully saturated rings. The molecule has 14 heavy (non-hydrogen) atoms. The Morgan fingerprint density at radius 1 is 1.50 bits per heavy atom. The highest BCUT2D eigenvalue weighted by molar-refractivity contribution is 5.79. The van der Waals surface area contributed by atoms with Crippen LogP contribution in [0.15, 0.2) is 0 Å². The number of carbonyl (C=O) groups is 1. The van der Waals surface area contributed by atoms with Crippen molar-refractivity contribution in [3.05, 3.63) is 0 Å². The Morgan fingerprint density at radius 2 is 2.21 bits per heavy atom. The van der Waals surface area contributed by atoms with Crippen LogP contribution in [0.1, 0.15) is 33.1 Å². The third kappa shape index (κ3) is 1.34. The number of aliphatic hydroxyl groups is 1. The van der Waals surface area contributed by atoms with Gasteiger partial charge in [-0.25, -0.2) is 0 Å². The van der Waals surface area contributed by atoms with Gasteiger partial charge in [0.15, 0.2) is 0 Å². The summed E-state index contributed by atoms with van der Waals surface area (Å²) in [5, 5.41) is 9.19. The largest absolute Gasteiger partial charge is 0.396 e. The van der Waals surface area contributed by atoms with Crippen molar-refractivity contribution in [2.24, 2.45) is 11.8 Å². The molecule has 1 N–H and O–H groups in total. The lowest BCUT2D eigenvalue weighted by Gasteiger charge is -2.25. The summed E-state index contributed by atoms with van der Waals surface area (Å²) in [7, 11) is 0. The highest BCUT2D eigenvalue weighted by atomic mass is 16.3. The monoisotopic (exact) mass is 197 g/mol. The van der Waals surface area contributed by atoms with Crippen LogP contribution in [0.4, 0.5) is 0 Å². The molecular weight excluding hydrogens is 178 g/mol. The number of hydrogen-bond acceptors (Lipinski definition) is 2. The zero-order valence-corrected chi connectivity index (χ0v) is 8.94. The molecule has 2 aliphatic rings. The normalized spacial score (nSPS) is 35.7. The third-order valence-electron chi connectivity index (χ3n) is 3.65. The number of aliphatic hydroxyl groups excluding tert-OH is 1. The van der Waals surface area contributed by atoms with E-state index in [2.05, 4.69) is 0 Å². The zero-order chi connectivity index (χ0) is 10.3. The van der Waals surface area contributed by atoms with Gasteiger partial charge in [-0.05, 0) is 19.3 Å². The second-order valence-electron chi connectivity index (χ2n) is 4.88. The van der Waals surface area contributed by atoms with E-state index >= 15 is 0 Å². The molecule has 3 atom stereocenters. The van der Waals surface area contributed by atoms with Gasteiger partial charge in [0.05, 0.1) is 0 Å². The quantitative estimate of drug-likeness (QED) is 0.718. The summed E-state index contributed by atoms with van der Waals surface area (Å²) >= 11 is 0. The van der Waals surface area contributed by atoms with Crippen molar-refractivity contribution >= 4 is 5.91 Å². The first-order valence-corrected chi connectivity index (χ1v) is 5.58. The molecule has 2 aliphatic heterocycles. The standard InChI is InChI=1S/C11H19NO2/c1-7(2)11(14)12-9-3-4-10(12)8(5-9)6-13/h7-10,13H,3-6H2,1-2H3. The van der Waals surface area contributed by atoms with E-state index in [0.29, 0.717) is 18.0 Å². The van der Waals surface area contributed by atoms with Crippen molar-refractivity contribution in [3.63, 3.8) is 0 Å². The minimum Gasteiger partial charge on any atom is -0.396 e. The summed E-state index contributed by atoms with van der Waals surface area (Å²) in [6, 6.07) is 0.756. The molecule has 0 aromatic carbocycles. The van der Waals surface area contributed by atoms with Crippen LogP contribution in [0.25, 0.3) is 0 Å². The minimum atomic E-state index is 0.0931.